The van der Waals surface area contributed by atoms with E-state index in [2.05, 4.69) is 86.8 Å². The van der Waals surface area contributed by atoms with Crippen LogP contribution in [-0.4, -0.2) is 70.7 Å². The molecule has 0 amide bonds. The fourth-order valence-electron chi connectivity index (χ4n) is 6.45. The van der Waals surface area contributed by atoms with Crippen molar-refractivity contribution < 1.29 is 37.3 Å². The molecule has 2 atom stereocenters. The summed E-state index contributed by atoms with van der Waals surface area (Å²) in [7, 11) is 1.34. The molecular weight excluding hydrogens is 782 g/mol. The van der Waals surface area contributed by atoms with Gasteiger partial charge in [0, 0.05) is 13.0 Å². The van der Waals surface area contributed by atoms with Crippen LogP contribution in [0.3, 0.4) is 0 Å². The minimum atomic E-state index is -4.54. The Kier molecular flexibility index (Phi) is 43.0. The molecule has 0 aliphatic carbocycles. The van der Waals surface area contributed by atoms with Crippen molar-refractivity contribution in [3.63, 3.8) is 0 Å². The minimum Gasteiger partial charge on any atom is -0.756 e. The summed E-state index contributed by atoms with van der Waals surface area (Å²) in [6, 6.07) is 0. The van der Waals surface area contributed by atoms with Crippen molar-refractivity contribution in [3.8, 4) is 0 Å². The third kappa shape index (κ3) is 48.8. The fraction of sp³-hybridized carbons (Fsp3) is 0.750. The fourth-order valence-corrected chi connectivity index (χ4v) is 7.18. The van der Waals surface area contributed by atoms with Crippen LogP contribution in [0, 0.1) is 0 Å². The van der Waals surface area contributed by atoms with Gasteiger partial charge in [-0.3, -0.25) is 9.36 Å². The molecular formula is C52H94NO7P. The molecule has 0 aromatic carbocycles. The highest BCUT2D eigenvalue weighted by molar-refractivity contribution is 7.45. The van der Waals surface area contributed by atoms with Gasteiger partial charge in [-0.05, 0) is 83.5 Å². The lowest BCUT2D eigenvalue weighted by Crippen LogP contribution is -2.37. The standard InChI is InChI=1S/C52H94NO7P/c1-6-8-10-12-14-16-18-20-22-23-24-25-26-27-28-29-30-32-34-36-38-40-42-44-47-57-49-51(50-59-61(55,56)58-48-46-53(3,4)5)60-52(54)45-43-41-39-37-35-33-31-21-19-17-15-13-11-9-7-2/h8,10,14-17,20-22,24-25,31,51H,6-7,9,11-13,18-19,23,26-30,32-50H2,1-5H3/b10-8-,16-14-,17-15-,22-20-,25-24-,31-21-. The monoisotopic (exact) mass is 876 g/mol. The van der Waals surface area contributed by atoms with Crippen molar-refractivity contribution in [1.82, 2.24) is 0 Å². The first kappa shape index (κ1) is 58.9. The van der Waals surface area contributed by atoms with E-state index in [9.17, 15) is 14.3 Å². The second kappa shape index (κ2) is 44.5. The average Bonchev–Trinajstić information content (AvgIpc) is 3.22. The maximum absolute atomic E-state index is 12.7. The molecule has 0 aromatic heterocycles. The van der Waals surface area contributed by atoms with E-state index in [1.165, 1.54) is 89.9 Å². The number of phosphoric ester groups is 1. The van der Waals surface area contributed by atoms with Gasteiger partial charge in [-0.2, -0.15) is 0 Å². The molecule has 2 unspecified atom stereocenters. The number of unbranched alkanes of at least 4 members (excludes halogenated alkanes) is 19. The summed E-state index contributed by atoms with van der Waals surface area (Å²) in [5, 5.41) is 0. The Morgan fingerprint density at radius 3 is 1.43 bits per heavy atom. The van der Waals surface area contributed by atoms with Crippen molar-refractivity contribution in [2.75, 3.05) is 54.1 Å². The van der Waals surface area contributed by atoms with Crippen LogP contribution in [0.1, 0.15) is 194 Å². The van der Waals surface area contributed by atoms with E-state index < -0.39 is 13.9 Å². The molecule has 9 heteroatoms. The second-order valence-electron chi connectivity index (χ2n) is 17.4. The molecule has 0 aromatic rings. The number of ether oxygens (including phenoxy) is 2. The van der Waals surface area contributed by atoms with E-state index in [0.717, 1.165) is 83.5 Å². The van der Waals surface area contributed by atoms with Gasteiger partial charge in [0.15, 0.2) is 0 Å². The van der Waals surface area contributed by atoms with Crippen LogP contribution < -0.4 is 4.89 Å². The number of carbonyl (C=O) groups is 1. The molecule has 0 fully saturated rings. The van der Waals surface area contributed by atoms with Gasteiger partial charge in [-0.1, -0.05) is 177 Å². The van der Waals surface area contributed by atoms with Gasteiger partial charge in [-0.15, -0.1) is 0 Å². The Bertz CT molecular complexity index is 1200. The van der Waals surface area contributed by atoms with Gasteiger partial charge < -0.3 is 27.9 Å². The number of hydrogen-bond acceptors (Lipinski definition) is 7. The third-order valence-electron chi connectivity index (χ3n) is 10.2. The topological polar surface area (TPSA) is 94.1 Å². The normalized spacial score (nSPS) is 14.3. The van der Waals surface area contributed by atoms with Gasteiger partial charge in [0.1, 0.15) is 19.3 Å². The highest BCUT2D eigenvalue weighted by Gasteiger charge is 2.20. The van der Waals surface area contributed by atoms with E-state index in [1.807, 2.05) is 21.1 Å². The van der Waals surface area contributed by atoms with E-state index in [1.54, 1.807) is 0 Å². The first-order valence-corrected chi connectivity index (χ1v) is 26.1. The molecule has 0 heterocycles. The maximum atomic E-state index is 12.7. The van der Waals surface area contributed by atoms with Crippen LogP contribution in [0.15, 0.2) is 72.9 Å². The molecule has 0 N–H and O–H groups in total. The molecule has 0 aliphatic heterocycles. The highest BCUT2D eigenvalue weighted by atomic mass is 31.2. The lowest BCUT2D eigenvalue weighted by atomic mass is 10.1. The Morgan fingerprint density at radius 2 is 0.951 bits per heavy atom. The highest BCUT2D eigenvalue weighted by Crippen LogP contribution is 2.38. The summed E-state index contributed by atoms with van der Waals surface area (Å²) < 4.78 is 34.7. The van der Waals surface area contributed by atoms with Gasteiger partial charge in [0.25, 0.3) is 7.82 Å². The largest absolute Gasteiger partial charge is 0.756 e. The number of hydrogen-bond donors (Lipinski definition) is 0. The number of allylic oxidation sites excluding steroid dienone is 12. The lowest BCUT2D eigenvalue weighted by Gasteiger charge is -2.28. The predicted octanol–water partition coefficient (Wildman–Crippen LogP) is 14.4. The van der Waals surface area contributed by atoms with Crippen LogP contribution in [-0.2, 0) is 27.9 Å². The molecule has 0 spiro atoms. The smallest absolute Gasteiger partial charge is 0.306 e. The number of phosphoric acid groups is 1. The molecule has 0 rings (SSSR count). The summed E-state index contributed by atoms with van der Waals surface area (Å²) in [6.45, 7) is 5.24. The number of carbonyl (C=O) groups excluding carboxylic acids is 1. The van der Waals surface area contributed by atoms with Crippen molar-refractivity contribution in [2.45, 2.75) is 200 Å². The zero-order valence-electron chi connectivity index (χ0n) is 40.1. The molecule has 354 valence electrons. The van der Waals surface area contributed by atoms with Crippen LogP contribution in [0.5, 0.6) is 0 Å². The number of rotatable bonds is 45. The van der Waals surface area contributed by atoms with Crippen molar-refractivity contribution in [1.29, 1.82) is 0 Å². The van der Waals surface area contributed by atoms with E-state index in [0.29, 0.717) is 24.1 Å². The summed E-state index contributed by atoms with van der Waals surface area (Å²) in [4.78, 5) is 25.1. The Hall–Kier alpha value is -2.06. The van der Waals surface area contributed by atoms with Crippen LogP contribution in [0.25, 0.3) is 0 Å². The van der Waals surface area contributed by atoms with Gasteiger partial charge in [0.2, 0.25) is 0 Å². The van der Waals surface area contributed by atoms with Gasteiger partial charge in [-0.25, -0.2) is 0 Å². The number of esters is 1. The summed E-state index contributed by atoms with van der Waals surface area (Å²) in [5.74, 6) is -0.351. The number of quaternary nitrogens is 1. The molecule has 8 nitrogen and oxygen atoms in total. The molecule has 0 bridgehead atoms. The molecule has 0 aliphatic rings. The molecule has 0 saturated carbocycles. The summed E-state index contributed by atoms with van der Waals surface area (Å²) in [5.41, 5.74) is 0. The van der Waals surface area contributed by atoms with Crippen LogP contribution in [0.4, 0.5) is 0 Å². The van der Waals surface area contributed by atoms with Gasteiger partial charge in [0.05, 0.1) is 34.4 Å². The van der Waals surface area contributed by atoms with Crippen molar-refractivity contribution in [3.05, 3.63) is 72.9 Å². The first-order chi connectivity index (χ1) is 29.6. The number of likely N-dealkylation sites (N-methyl/N-ethyl adjacent to an activating group) is 1. The second-order valence-corrected chi connectivity index (χ2v) is 18.8. The average molecular weight is 876 g/mol. The van der Waals surface area contributed by atoms with E-state index >= 15 is 0 Å². The zero-order chi connectivity index (χ0) is 44.8. The van der Waals surface area contributed by atoms with E-state index in [-0.39, 0.29) is 25.8 Å². The zero-order valence-corrected chi connectivity index (χ0v) is 41.0. The van der Waals surface area contributed by atoms with Crippen molar-refractivity contribution >= 4 is 13.8 Å². The first-order valence-electron chi connectivity index (χ1n) is 24.7. The van der Waals surface area contributed by atoms with Gasteiger partial charge >= 0.3 is 5.97 Å². The molecule has 0 radical (unpaired) electrons. The summed E-state index contributed by atoms with van der Waals surface area (Å²) >= 11 is 0. The maximum Gasteiger partial charge on any atom is 0.306 e. The third-order valence-corrected chi connectivity index (χ3v) is 11.2. The quantitative estimate of drug-likeness (QED) is 0.0198. The predicted molar refractivity (Wildman–Crippen MR) is 259 cm³/mol. The Morgan fingerprint density at radius 1 is 0.525 bits per heavy atom. The SMILES string of the molecule is CC/C=C\C/C=C\C/C=C\C/C=C\CCCCCCCCCCCCCOCC(COP(=O)([O-])OCC[N+](C)(C)C)OC(=O)CCCCCCC/C=C\C/C=C\CCCCC. The van der Waals surface area contributed by atoms with E-state index in [4.69, 9.17) is 18.5 Å². The van der Waals surface area contributed by atoms with Crippen LogP contribution in [0.2, 0.25) is 0 Å². The summed E-state index contributed by atoms with van der Waals surface area (Å²) in [6.07, 6.45) is 57.8. The molecule has 0 saturated heterocycles. The lowest BCUT2D eigenvalue weighted by molar-refractivity contribution is -0.870. The Balaban J connectivity index is 4.15. The number of nitrogens with zero attached hydrogens (tertiary/aromatic N) is 1. The van der Waals surface area contributed by atoms with Crippen molar-refractivity contribution in [2.24, 2.45) is 0 Å². The molecule has 61 heavy (non-hydrogen) atoms. The van der Waals surface area contributed by atoms with Crippen LogP contribution >= 0.6 is 7.82 Å². The Labute approximate surface area is 376 Å². The minimum absolute atomic E-state index is 0.0197.